The normalized spacial score (nSPS) is 17.7. The van der Waals surface area contributed by atoms with E-state index >= 15 is 0 Å². The van der Waals surface area contributed by atoms with E-state index in [4.69, 9.17) is 15.0 Å². The lowest BCUT2D eigenvalue weighted by atomic mass is 9.91. The van der Waals surface area contributed by atoms with Crippen LogP contribution in [0.15, 0.2) is 4.52 Å². The number of rotatable bonds is 2. The Bertz CT molecular complexity index is 392. The van der Waals surface area contributed by atoms with E-state index in [-0.39, 0.29) is 17.5 Å². The molecule has 0 amide bonds. The van der Waals surface area contributed by atoms with E-state index in [9.17, 15) is 4.79 Å². The molecule has 5 nitrogen and oxygen atoms in total. The summed E-state index contributed by atoms with van der Waals surface area (Å²) in [5.74, 6) is 0.0693. The van der Waals surface area contributed by atoms with E-state index in [1.165, 1.54) is 20.0 Å². The molecule has 0 aromatic carbocycles. The minimum Gasteiger partial charge on any atom is -0.464 e. The van der Waals surface area contributed by atoms with Crippen LogP contribution in [0.4, 0.5) is 5.88 Å². The zero-order valence-corrected chi connectivity index (χ0v) is 10.1. The summed E-state index contributed by atoms with van der Waals surface area (Å²) in [5.41, 5.74) is 6.77. The van der Waals surface area contributed by atoms with Crippen molar-refractivity contribution in [1.29, 1.82) is 0 Å². The van der Waals surface area contributed by atoms with E-state index in [2.05, 4.69) is 5.16 Å². The van der Waals surface area contributed by atoms with Crippen LogP contribution >= 0.6 is 0 Å². The van der Waals surface area contributed by atoms with Crippen LogP contribution in [-0.4, -0.2) is 18.2 Å². The van der Waals surface area contributed by atoms with E-state index in [1.807, 2.05) is 0 Å². The van der Waals surface area contributed by atoms with Gasteiger partial charge in [-0.2, -0.15) is 0 Å². The van der Waals surface area contributed by atoms with Crippen LogP contribution in [0, 0.1) is 0 Å². The third-order valence-electron chi connectivity index (χ3n) is 3.40. The number of carbonyl (C=O) groups is 1. The van der Waals surface area contributed by atoms with Crippen LogP contribution in [0.25, 0.3) is 0 Å². The summed E-state index contributed by atoms with van der Waals surface area (Å²) in [6, 6.07) is 0. The van der Waals surface area contributed by atoms with Crippen molar-refractivity contribution in [1.82, 2.24) is 5.16 Å². The van der Waals surface area contributed by atoms with Gasteiger partial charge in [0.05, 0.1) is 12.7 Å². The molecule has 1 saturated carbocycles. The van der Waals surface area contributed by atoms with E-state index in [0.717, 1.165) is 31.2 Å². The monoisotopic (exact) mass is 238 g/mol. The van der Waals surface area contributed by atoms with Crippen molar-refractivity contribution in [3.05, 3.63) is 11.3 Å². The molecule has 0 radical (unpaired) electrons. The maximum atomic E-state index is 11.6. The summed E-state index contributed by atoms with van der Waals surface area (Å²) in [7, 11) is 1.34. The lowest BCUT2D eigenvalue weighted by Gasteiger charge is -2.13. The summed E-state index contributed by atoms with van der Waals surface area (Å²) in [6.45, 7) is 0. The third-order valence-corrected chi connectivity index (χ3v) is 3.40. The zero-order valence-electron chi connectivity index (χ0n) is 10.1. The molecule has 1 aromatic heterocycles. The molecular formula is C12H18N2O3. The van der Waals surface area contributed by atoms with Crippen LogP contribution in [-0.2, 0) is 4.74 Å². The molecule has 2 rings (SSSR count). The Morgan fingerprint density at radius 1 is 1.35 bits per heavy atom. The molecule has 0 bridgehead atoms. The molecule has 1 aromatic rings. The van der Waals surface area contributed by atoms with Gasteiger partial charge in [-0.3, -0.25) is 0 Å². The SMILES string of the molecule is COC(=O)c1noc(N)c1C1CCCCCC1. The van der Waals surface area contributed by atoms with Gasteiger partial charge in [-0.25, -0.2) is 4.79 Å². The number of anilines is 1. The van der Waals surface area contributed by atoms with Crippen molar-refractivity contribution < 1.29 is 14.1 Å². The number of carbonyl (C=O) groups excluding carboxylic acids is 1. The largest absolute Gasteiger partial charge is 0.464 e. The molecule has 0 atom stereocenters. The molecule has 0 spiro atoms. The third kappa shape index (κ3) is 2.43. The molecule has 1 aliphatic carbocycles. The fourth-order valence-electron chi connectivity index (χ4n) is 2.52. The Labute approximate surface area is 100 Å². The topological polar surface area (TPSA) is 78.3 Å². The second-order valence-corrected chi connectivity index (χ2v) is 4.49. The molecule has 94 valence electrons. The zero-order chi connectivity index (χ0) is 12.3. The first kappa shape index (κ1) is 12.0. The van der Waals surface area contributed by atoms with Crippen LogP contribution in [0.1, 0.15) is 60.5 Å². The van der Waals surface area contributed by atoms with Crippen LogP contribution in [0.3, 0.4) is 0 Å². The Hall–Kier alpha value is -1.52. The molecule has 0 aliphatic heterocycles. The number of hydrogen-bond acceptors (Lipinski definition) is 5. The van der Waals surface area contributed by atoms with Crippen molar-refractivity contribution in [2.45, 2.75) is 44.4 Å². The first-order valence-corrected chi connectivity index (χ1v) is 6.07. The molecule has 0 saturated heterocycles. The minimum atomic E-state index is -0.468. The number of ether oxygens (including phenoxy) is 1. The van der Waals surface area contributed by atoms with Crippen molar-refractivity contribution in [3.8, 4) is 0 Å². The number of hydrogen-bond donors (Lipinski definition) is 1. The maximum Gasteiger partial charge on any atom is 0.360 e. The lowest BCUT2D eigenvalue weighted by Crippen LogP contribution is -2.09. The van der Waals surface area contributed by atoms with Crippen molar-refractivity contribution in [2.75, 3.05) is 12.8 Å². The highest BCUT2D eigenvalue weighted by Gasteiger charge is 2.28. The Kier molecular flexibility index (Phi) is 3.66. The number of nitrogen functional groups attached to an aromatic ring is 1. The van der Waals surface area contributed by atoms with Gasteiger partial charge in [0, 0.05) is 0 Å². The summed E-state index contributed by atoms with van der Waals surface area (Å²) >= 11 is 0. The van der Waals surface area contributed by atoms with Gasteiger partial charge in [-0.1, -0.05) is 30.8 Å². The Balaban J connectivity index is 2.28. The quantitative estimate of drug-likeness (QED) is 0.632. The van der Waals surface area contributed by atoms with Gasteiger partial charge in [0.1, 0.15) is 0 Å². The van der Waals surface area contributed by atoms with Crippen LogP contribution in [0.2, 0.25) is 0 Å². The van der Waals surface area contributed by atoms with Gasteiger partial charge in [-0.15, -0.1) is 0 Å². The molecule has 1 heterocycles. The van der Waals surface area contributed by atoms with Crippen molar-refractivity contribution >= 4 is 11.9 Å². The second-order valence-electron chi connectivity index (χ2n) is 4.49. The van der Waals surface area contributed by atoms with Gasteiger partial charge < -0.3 is 15.0 Å². The predicted octanol–water partition coefficient (Wildman–Crippen LogP) is 2.48. The fourth-order valence-corrected chi connectivity index (χ4v) is 2.52. The van der Waals surface area contributed by atoms with Crippen LogP contribution < -0.4 is 5.73 Å². The molecular weight excluding hydrogens is 220 g/mol. The molecule has 2 N–H and O–H groups in total. The number of esters is 1. The molecule has 5 heteroatoms. The smallest absolute Gasteiger partial charge is 0.360 e. The van der Waals surface area contributed by atoms with E-state index in [1.54, 1.807) is 0 Å². The van der Waals surface area contributed by atoms with Gasteiger partial charge in [0.2, 0.25) is 5.88 Å². The molecule has 1 fully saturated rings. The first-order chi connectivity index (χ1) is 8.24. The van der Waals surface area contributed by atoms with Crippen molar-refractivity contribution in [3.63, 3.8) is 0 Å². The van der Waals surface area contributed by atoms with E-state index < -0.39 is 5.97 Å². The van der Waals surface area contributed by atoms with Crippen molar-refractivity contribution in [2.24, 2.45) is 0 Å². The highest BCUT2D eigenvalue weighted by atomic mass is 16.5. The summed E-state index contributed by atoms with van der Waals surface area (Å²) in [4.78, 5) is 11.6. The fraction of sp³-hybridized carbons (Fsp3) is 0.667. The predicted molar refractivity (Wildman–Crippen MR) is 62.7 cm³/mol. The van der Waals surface area contributed by atoms with Gasteiger partial charge in [0.15, 0.2) is 5.69 Å². The van der Waals surface area contributed by atoms with Gasteiger partial charge in [0.25, 0.3) is 0 Å². The highest BCUT2D eigenvalue weighted by molar-refractivity contribution is 5.90. The lowest BCUT2D eigenvalue weighted by molar-refractivity contribution is 0.0587. The highest BCUT2D eigenvalue weighted by Crippen LogP contribution is 2.36. The number of nitrogens with two attached hydrogens (primary N) is 1. The number of methoxy groups -OCH3 is 1. The summed E-state index contributed by atoms with van der Waals surface area (Å²) < 4.78 is 9.63. The first-order valence-electron chi connectivity index (χ1n) is 6.07. The molecule has 1 aliphatic rings. The molecule has 0 unspecified atom stereocenters. The van der Waals surface area contributed by atoms with Gasteiger partial charge >= 0.3 is 5.97 Å². The summed E-state index contributed by atoms with van der Waals surface area (Å²) in [6.07, 6.45) is 6.89. The summed E-state index contributed by atoms with van der Waals surface area (Å²) in [5, 5.41) is 3.72. The average molecular weight is 238 g/mol. The number of nitrogens with zero attached hydrogens (tertiary/aromatic N) is 1. The van der Waals surface area contributed by atoms with Gasteiger partial charge in [-0.05, 0) is 18.8 Å². The minimum absolute atomic E-state index is 0.247. The number of aromatic nitrogens is 1. The second kappa shape index (κ2) is 5.21. The van der Waals surface area contributed by atoms with E-state index in [0.29, 0.717) is 0 Å². The standard InChI is InChI=1S/C12H18N2O3/c1-16-12(15)10-9(11(13)17-14-10)8-6-4-2-3-5-7-8/h8H,2-7,13H2,1H3. The maximum absolute atomic E-state index is 11.6. The van der Waals surface area contributed by atoms with Crippen LogP contribution in [0.5, 0.6) is 0 Å². The molecule has 17 heavy (non-hydrogen) atoms. The average Bonchev–Trinajstić information content (AvgIpc) is 2.57. The Morgan fingerprint density at radius 3 is 2.59 bits per heavy atom. The Morgan fingerprint density at radius 2 is 2.00 bits per heavy atom.